The van der Waals surface area contributed by atoms with Gasteiger partial charge < -0.3 is 5.32 Å². The summed E-state index contributed by atoms with van der Waals surface area (Å²) in [7, 11) is 0. The van der Waals surface area contributed by atoms with E-state index in [9.17, 15) is 9.59 Å². The molecule has 1 heterocycles. The molecule has 3 rings (SSSR count). The number of rotatable bonds is 3. The minimum absolute atomic E-state index is 0.169. The summed E-state index contributed by atoms with van der Waals surface area (Å²) < 4.78 is 0. The molecular formula is C18H18N2O2. The number of benzene rings is 2. The maximum atomic E-state index is 12.5. The molecule has 0 aliphatic carbocycles. The van der Waals surface area contributed by atoms with Gasteiger partial charge in [0.2, 0.25) is 5.91 Å². The van der Waals surface area contributed by atoms with Crippen LogP contribution in [-0.2, 0) is 9.59 Å². The van der Waals surface area contributed by atoms with Crippen molar-refractivity contribution < 1.29 is 9.59 Å². The molecule has 4 heteroatoms. The second-order valence-electron chi connectivity index (χ2n) is 5.60. The molecule has 22 heavy (non-hydrogen) atoms. The number of hydrogen-bond acceptors (Lipinski definition) is 3. The van der Waals surface area contributed by atoms with Crippen LogP contribution < -0.4 is 10.2 Å². The fourth-order valence-corrected chi connectivity index (χ4v) is 2.63. The van der Waals surface area contributed by atoms with E-state index in [1.807, 2.05) is 50.2 Å². The Morgan fingerprint density at radius 1 is 1.00 bits per heavy atom. The highest BCUT2D eigenvalue weighted by Gasteiger charge is 2.39. The second-order valence-corrected chi connectivity index (χ2v) is 5.60. The van der Waals surface area contributed by atoms with Gasteiger partial charge in [-0.25, -0.2) is 4.90 Å². The molecule has 0 bridgehead atoms. The maximum Gasteiger partial charge on any atom is 0.256 e. The van der Waals surface area contributed by atoms with Crippen molar-refractivity contribution in [3.05, 3.63) is 59.7 Å². The first-order valence-corrected chi connectivity index (χ1v) is 7.32. The lowest BCUT2D eigenvalue weighted by Gasteiger charge is -2.16. The number of hydrogen-bond donors (Lipinski definition) is 1. The van der Waals surface area contributed by atoms with Crippen molar-refractivity contribution in [2.45, 2.75) is 26.3 Å². The number of imide groups is 1. The van der Waals surface area contributed by atoms with Crippen molar-refractivity contribution in [1.82, 2.24) is 0 Å². The molecule has 0 radical (unpaired) electrons. The van der Waals surface area contributed by atoms with Gasteiger partial charge in [0.15, 0.2) is 0 Å². The van der Waals surface area contributed by atoms with Crippen molar-refractivity contribution >= 4 is 23.2 Å². The van der Waals surface area contributed by atoms with Crippen LogP contribution in [0.25, 0.3) is 0 Å². The van der Waals surface area contributed by atoms with Gasteiger partial charge in [-0.15, -0.1) is 0 Å². The third-order valence-electron chi connectivity index (χ3n) is 4.01. The number of nitrogens with zero attached hydrogens (tertiary/aromatic N) is 1. The molecule has 1 N–H and O–H groups in total. The van der Waals surface area contributed by atoms with E-state index in [-0.39, 0.29) is 18.2 Å². The van der Waals surface area contributed by atoms with Crippen LogP contribution in [0, 0.1) is 13.8 Å². The predicted octanol–water partition coefficient (Wildman–Crippen LogP) is 3.05. The van der Waals surface area contributed by atoms with E-state index in [4.69, 9.17) is 0 Å². The lowest BCUT2D eigenvalue weighted by molar-refractivity contribution is -0.121. The maximum absolute atomic E-state index is 12.5. The number of carbonyl (C=O) groups is 2. The first-order chi connectivity index (χ1) is 10.6. The molecule has 1 atom stereocenters. The fraction of sp³-hybridized carbons (Fsp3) is 0.222. The first-order valence-electron chi connectivity index (χ1n) is 7.32. The zero-order valence-electron chi connectivity index (χ0n) is 12.7. The number of anilines is 2. The highest BCUT2D eigenvalue weighted by molar-refractivity contribution is 6.23. The number of nitrogens with one attached hydrogen (secondary N) is 1. The predicted molar refractivity (Wildman–Crippen MR) is 86.9 cm³/mol. The third-order valence-corrected chi connectivity index (χ3v) is 4.01. The van der Waals surface area contributed by atoms with Gasteiger partial charge in [-0.3, -0.25) is 9.59 Å². The Bertz CT molecular complexity index is 725. The van der Waals surface area contributed by atoms with Crippen molar-refractivity contribution in [1.29, 1.82) is 0 Å². The minimum atomic E-state index is -0.505. The Labute approximate surface area is 129 Å². The van der Waals surface area contributed by atoms with E-state index in [0.717, 1.165) is 11.3 Å². The summed E-state index contributed by atoms with van der Waals surface area (Å²) in [5.74, 6) is -0.369. The Morgan fingerprint density at radius 2 is 1.73 bits per heavy atom. The van der Waals surface area contributed by atoms with Crippen LogP contribution in [0.4, 0.5) is 11.4 Å². The third kappa shape index (κ3) is 2.60. The molecule has 4 nitrogen and oxygen atoms in total. The fourth-order valence-electron chi connectivity index (χ4n) is 2.63. The molecule has 1 unspecified atom stereocenters. The van der Waals surface area contributed by atoms with Gasteiger partial charge in [0.25, 0.3) is 5.91 Å². The largest absolute Gasteiger partial charge is 0.373 e. The smallest absolute Gasteiger partial charge is 0.256 e. The van der Waals surface area contributed by atoms with Crippen LogP contribution in [0.5, 0.6) is 0 Å². The van der Waals surface area contributed by atoms with Gasteiger partial charge in [0.05, 0.1) is 12.1 Å². The molecule has 1 fully saturated rings. The summed E-state index contributed by atoms with van der Waals surface area (Å²) in [4.78, 5) is 25.9. The summed E-state index contributed by atoms with van der Waals surface area (Å²) in [5, 5.41) is 3.18. The minimum Gasteiger partial charge on any atom is -0.373 e. The number of aryl methyl sites for hydroxylation is 2. The van der Waals surface area contributed by atoms with Crippen molar-refractivity contribution in [3.63, 3.8) is 0 Å². The summed E-state index contributed by atoms with van der Waals surface area (Å²) in [5.41, 5.74) is 3.85. The van der Waals surface area contributed by atoms with Gasteiger partial charge in [0.1, 0.15) is 6.04 Å². The van der Waals surface area contributed by atoms with Gasteiger partial charge in [-0.1, -0.05) is 24.3 Å². The van der Waals surface area contributed by atoms with Gasteiger partial charge in [0, 0.05) is 5.69 Å². The average molecular weight is 294 g/mol. The van der Waals surface area contributed by atoms with Crippen LogP contribution in [0.3, 0.4) is 0 Å². The van der Waals surface area contributed by atoms with Crippen molar-refractivity contribution in [2.75, 3.05) is 10.2 Å². The molecule has 2 aromatic rings. The molecule has 1 aliphatic heterocycles. The highest BCUT2D eigenvalue weighted by Crippen LogP contribution is 2.25. The molecule has 0 spiro atoms. The van der Waals surface area contributed by atoms with Crippen LogP contribution in [0.15, 0.2) is 48.5 Å². The van der Waals surface area contributed by atoms with Crippen LogP contribution in [0.1, 0.15) is 17.5 Å². The summed E-state index contributed by atoms with van der Waals surface area (Å²) in [6.45, 7) is 4.07. The number of para-hydroxylation sites is 1. The molecule has 112 valence electrons. The molecule has 2 amide bonds. The molecular weight excluding hydrogens is 276 g/mol. The van der Waals surface area contributed by atoms with Crippen LogP contribution in [-0.4, -0.2) is 17.9 Å². The molecule has 0 aromatic heterocycles. The van der Waals surface area contributed by atoms with E-state index in [0.29, 0.717) is 5.69 Å². The second kappa shape index (κ2) is 5.64. The highest BCUT2D eigenvalue weighted by atomic mass is 16.2. The van der Waals surface area contributed by atoms with E-state index in [1.54, 1.807) is 12.1 Å². The Hall–Kier alpha value is -2.62. The van der Waals surface area contributed by atoms with E-state index in [1.165, 1.54) is 10.5 Å². The topological polar surface area (TPSA) is 49.4 Å². The van der Waals surface area contributed by atoms with Crippen LogP contribution in [0.2, 0.25) is 0 Å². The number of carbonyl (C=O) groups excluding carboxylic acids is 2. The standard InChI is InChI=1S/C18H18N2O2/c1-12-8-9-14(10-13(12)2)19-16-11-17(21)20(18(16)22)15-6-4-3-5-7-15/h3-10,16,19H,11H2,1-2H3. The Kier molecular flexibility index (Phi) is 3.67. The van der Waals surface area contributed by atoms with E-state index in [2.05, 4.69) is 5.32 Å². The van der Waals surface area contributed by atoms with Crippen molar-refractivity contribution in [2.24, 2.45) is 0 Å². The lowest BCUT2D eigenvalue weighted by Crippen LogP contribution is -2.34. The number of amides is 2. The molecule has 0 saturated carbocycles. The summed E-state index contributed by atoms with van der Waals surface area (Å²) in [6.07, 6.45) is 0.181. The monoisotopic (exact) mass is 294 g/mol. The normalized spacial score (nSPS) is 17.9. The van der Waals surface area contributed by atoms with Gasteiger partial charge >= 0.3 is 0 Å². The lowest BCUT2D eigenvalue weighted by atomic mass is 10.1. The molecule has 1 aliphatic rings. The van der Waals surface area contributed by atoms with E-state index >= 15 is 0 Å². The average Bonchev–Trinajstić information content (AvgIpc) is 2.78. The summed E-state index contributed by atoms with van der Waals surface area (Å²) in [6, 6.07) is 14.5. The molecule has 2 aromatic carbocycles. The van der Waals surface area contributed by atoms with E-state index < -0.39 is 6.04 Å². The van der Waals surface area contributed by atoms with Crippen LogP contribution >= 0.6 is 0 Å². The zero-order chi connectivity index (χ0) is 15.7. The Balaban J connectivity index is 1.80. The van der Waals surface area contributed by atoms with Gasteiger partial charge in [-0.05, 0) is 49.2 Å². The quantitative estimate of drug-likeness (QED) is 0.885. The molecule has 1 saturated heterocycles. The first kappa shape index (κ1) is 14.3. The SMILES string of the molecule is Cc1ccc(NC2CC(=O)N(c3ccccc3)C2=O)cc1C. The zero-order valence-corrected chi connectivity index (χ0v) is 12.7. The van der Waals surface area contributed by atoms with Gasteiger partial charge in [-0.2, -0.15) is 0 Å². The van der Waals surface area contributed by atoms with Crippen molar-refractivity contribution in [3.8, 4) is 0 Å². The Morgan fingerprint density at radius 3 is 2.41 bits per heavy atom. The summed E-state index contributed by atoms with van der Waals surface area (Å²) >= 11 is 0.